The van der Waals surface area contributed by atoms with Gasteiger partial charge in [-0.25, -0.2) is 0 Å². The van der Waals surface area contributed by atoms with E-state index in [0.29, 0.717) is 19.3 Å². The normalized spacial score (nSPS) is 19.3. The van der Waals surface area contributed by atoms with Crippen LogP contribution in [0, 0.1) is 0 Å². The Hall–Kier alpha value is -1.41. The molecule has 0 bridgehead atoms. The fourth-order valence-electron chi connectivity index (χ4n) is 11.4. The number of carbonyl (C=O) groups excluding carboxylic acids is 1. The zero-order chi connectivity index (χ0) is 58.2. The lowest BCUT2D eigenvalue weighted by Crippen LogP contribution is -2.60. The molecule has 1 aliphatic rings. The molecule has 80 heavy (non-hydrogen) atoms. The lowest BCUT2D eigenvalue weighted by atomic mass is 9.98. The highest BCUT2D eigenvalue weighted by molar-refractivity contribution is 5.80. The summed E-state index contributed by atoms with van der Waals surface area (Å²) in [4.78, 5) is 13.2. The summed E-state index contributed by atoms with van der Waals surface area (Å²) in [6.07, 6.45) is 61.2. The van der Waals surface area contributed by atoms with Gasteiger partial charge in [0, 0.05) is 0 Å². The Morgan fingerprint density at radius 2 is 0.750 bits per heavy atom. The Morgan fingerprint density at radius 3 is 1.11 bits per heavy atom. The van der Waals surface area contributed by atoms with Crippen molar-refractivity contribution in [3.63, 3.8) is 0 Å². The third-order valence-corrected chi connectivity index (χ3v) is 17.0. The molecule has 1 amide bonds. The van der Waals surface area contributed by atoms with E-state index < -0.39 is 74.2 Å². The van der Waals surface area contributed by atoms with E-state index in [2.05, 4.69) is 43.5 Å². The van der Waals surface area contributed by atoms with Gasteiger partial charge in [-0.1, -0.05) is 314 Å². The van der Waals surface area contributed by atoms with Crippen molar-refractivity contribution in [2.24, 2.45) is 0 Å². The van der Waals surface area contributed by atoms with Gasteiger partial charge in [-0.3, -0.25) is 4.79 Å². The molecule has 11 nitrogen and oxygen atoms in total. The number of carbonyl (C=O) groups is 1. The minimum atomic E-state index is -1.67. The standard InChI is InChI=1S/C69H133NO10/c1-3-5-7-9-11-13-15-17-19-21-23-25-27-29-30-31-32-33-35-36-38-40-42-44-46-48-50-52-54-56-61(72)64(74)60(59-79-69-67(77)66(76)65(75)63(58-71)80-69)70-68(78)62(73)57-55-53-51-49-47-45-43-41-39-37-34-28-26-24-22-20-18-16-14-12-10-8-6-4-2/h40,42,48,50,60-67,69,71-77H,3-39,41,43-47,49,51-59H2,1-2H3,(H,70,78)/b42-40+,50-48+. The number of ether oxygens (including phenoxy) is 2. The minimum absolute atomic E-state index is 0.249. The quantitative estimate of drug-likeness (QED) is 0.0215. The number of amides is 1. The van der Waals surface area contributed by atoms with Gasteiger partial charge in [0.05, 0.1) is 25.4 Å². The van der Waals surface area contributed by atoms with Crippen LogP contribution in [0.1, 0.15) is 341 Å². The summed E-state index contributed by atoms with van der Waals surface area (Å²) >= 11 is 0. The zero-order valence-electron chi connectivity index (χ0n) is 52.3. The van der Waals surface area contributed by atoms with Crippen molar-refractivity contribution in [2.75, 3.05) is 13.2 Å². The smallest absolute Gasteiger partial charge is 0.249 e. The topological polar surface area (TPSA) is 189 Å². The van der Waals surface area contributed by atoms with Crippen LogP contribution in [0.3, 0.4) is 0 Å². The Morgan fingerprint density at radius 1 is 0.425 bits per heavy atom. The first-order chi connectivity index (χ1) is 39.2. The van der Waals surface area contributed by atoms with Crippen LogP contribution >= 0.6 is 0 Å². The molecule has 0 saturated carbocycles. The molecular formula is C69H133NO10. The second-order valence-electron chi connectivity index (χ2n) is 24.6. The number of hydrogen-bond donors (Lipinski definition) is 8. The highest BCUT2D eigenvalue weighted by Gasteiger charge is 2.44. The molecule has 0 aromatic carbocycles. The molecule has 1 aliphatic heterocycles. The summed E-state index contributed by atoms with van der Waals surface area (Å²) < 4.78 is 11.2. The molecule has 1 heterocycles. The van der Waals surface area contributed by atoms with Gasteiger partial charge in [-0.05, 0) is 51.4 Å². The largest absolute Gasteiger partial charge is 0.394 e. The average molecular weight is 1140 g/mol. The van der Waals surface area contributed by atoms with E-state index in [1.807, 2.05) is 0 Å². The average Bonchev–Trinajstić information content (AvgIpc) is 3.47. The van der Waals surface area contributed by atoms with Crippen molar-refractivity contribution >= 4 is 5.91 Å². The zero-order valence-corrected chi connectivity index (χ0v) is 52.3. The van der Waals surface area contributed by atoms with E-state index in [0.717, 1.165) is 38.5 Å². The van der Waals surface area contributed by atoms with Crippen LogP contribution in [0.5, 0.6) is 0 Å². The maximum absolute atomic E-state index is 13.2. The molecule has 11 heteroatoms. The fraction of sp³-hybridized carbons (Fsp3) is 0.928. The molecule has 0 aliphatic carbocycles. The number of aliphatic hydroxyl groups is 7. The number of aliphatic hydroxyl groups excluding tert-OH is 7. The molecule has 1 saturated heterocycles. The second kappa shape index (κ2) is 58.0. The summed E-state index contributed by atoms with van der Waals surface area (Å²) in [5, 5.41) is 76.4. The van der Waals surface area contributed by atoms with Crippen LogP contribution in [0.2, 0.25) is 0 Å². The predicted molar refractivity (Wildman–Crippen MR) is 335 cm³/mol. The predicted octanol–water partition coefficient (Wildman–Crippen LogP) is 16.4. The van der Waals surface area contributed by atoms with E-state index in [-0.39, 0.29) is 12.8 Å². The molecule has 0 radical (unpaired) electrons. The van der Waals surface area contributed by atoms with Crippen molar-refractivity contribution in [1.82, 2.24) is 5.32 Å². The lowest BCUT2D eigenvalue weighted by Gasteiger charge is -2.40. The molecule has 474 valence electrons. The highest BCUT2D eigenvalue weighted by atomic mass is 16.7. The van der Waals surface area contributed by atoms with Gasteiger partial charge < -0.3 is 50.5 Å². The van der Waals surface area contributed by atoms with E-state index in [1.165, 1.54) is 257 Å². The first kappa shape index (κ1) is 76.6. The molecule has 9 unspecified atom stereocenters. The van der Waals surface area contributed by atoms with Crippen molar-refractivity contribution in [1.29, 1.82) is 0 Å². The Balaban J connectivity index is 2.23. The molecular weight excluding hydrogens is 1000 g/mol. The Labute approximate surface area is 493 Å². The van der Waals surface area contributed by atoms with Crippen molar-refractivity contribution in [3.05, 3.63) is 24.3 Å². The van der Waals surface area contributed by atoms with Gasteiger partial charge in [0.2, 0.25) is 5.91 Å². The van der Waals surface area contributed by atoms with E-state index >= 15 is 0 Å². The van der Waals surface area contributed by atoms with Crippen LogP contribution in [-0.2, 0) is 14.3 Å². The van der Waals surface area contributed by atoms with Gasteiger partial charge in [0.25, 0.3) is 0 Å². The van der Waals surface area contributed by atoms with Gasteiger partial charge in [0.1, 0.15) is 36.6 Å². The molecule has 1 fully saturated rings. The monoisotopic (exact) mass is 1140 g/mol. The summed E-state index contributed by atoms with van der Waals surface area (Å²) in [7, 11) is 0. The van der Waals surface area contributed by atoms with E-state index in [1.54, 1.807) is 0 Å². The molecule has 1 rings (SSSR count). The van der Waals surface area contributed by atoms with E-state index in [9.17, 15) is 40.5 Å². The summed E-state index contributed by atoms with van der Waals surface area (Å²) in [5.41, 5.74) is 0. The molecule has 9 atom stereocenters. The molecule has 0 spiro atoms. The van der Waals surface area contributed by atoms with Crippen molar-refractivity contribution in [3.8, 4) is 0 Å². The van der Waals surface area contributed by atoms with Crippen molar-refractivity contribution < 1.29 is 50.0 Å². The van der Waals surface area contributed by atoms with Crippen LogP contribution in [-0.4, -0.2) is 110 Å². The SMILES string of the molecule is CCCCCCCCCCCCCCCCCCCCCC/C=C/CC/C=C/CCCC(O)C(O)C(COC1OC(CO)C(O)C(O)C1O)NC(=O)C(O)CCCCCCCCCCCCCCCCCCCCCCCCCC. The third kappa shape index (κ3) is 45.0. The third-order valence-electron chi connectivity index (χ3n) is 17.0. The number of unbranched alkanes of at least 4 members (excludes halogenated alkanes) is 45. The highest BCUT2D eigenvalue weighted by Crippen LogP contribution is 2.24. The minimum Gasteiger partial charge on any atom is -0.394 e. The Bertz CT molecular complexity index is 1350. The summed E-state index contributed by atoms with van der Waals surface area (Å²) in [5.74, 6) is -0.703. The first-order valence-electron chi connectivity index (χ1n) is 34.7. The van der Waals surface area contributed by atoms with E-state index in [4.69, 9.17) is 9.47 Å². The second-order valence-corrected chi connectivity index (χ2v) is 24.6. The lowest BCUT2D eigenvalue weighted by molar-refractivity contribution is -0.303. The number of rotatable bonds is 61. The fourth-order valence-corrected chi connectivity index (χ4v) is 11.4. The maximum Gasteiger partial charge on any atom is 0.249 e. The summed E-state index contributed by atoms with van der Waals surface area (Å²) in [6, 6.07) is -1.19. The first-order valence-corrected chi connectivity index (χ1v) is 34.7. The number of allylic oxidation sites excluding steroid dienone is 4. The summed E-state index contributed by atoms with van der Waals surface area (Å²) in [6.45, 7) is 3.50. The molecule has 0 aromatic rings. The molecule has 0 aromatic heterocycles. The van der Waals surface area contributed by atoms with Gasteiger partial charge in [-0.15, -0.1) is 0 Å². The van der Waals surface area contributed by atoms with Crippen LogP contribution < -0.4 is 5.32 Å². The number of nitrogens with one attached hydrogen (secondary N) is 1. The van der Waals surface area contributed by atoms with Gasteiger partial charge >= 0.3 is 0 Å². The molecule has 8 N–H and O–H groups in total. The van der Waals surface area contributed by atoms with Crippen LogP contribution in [0.25, 0.3) is 0 Å². The maximum atomic E-state index is 13.2. The van der Waals surface area contributed by atoms with Gasteiger partial charge in [-0.2, -0.15) is 0 Å². The van der Waals surface area contributed by atoms with Crippen LogP contribution in [0.15, 0.2) is 24.3 Å². The number of hydrogen-bond acceptors (Lipinski definition) is 10. The van der Waals surface area contributed by atoms with Crippen molar-refractivity contribution in [2.45, 2.75) is 396 Å². The van der Waals surface area contributed by atoms with Crippen LogP contribution in [0.4, 0.5) is 0 Å². The Kier molecular flexibility index (Phi) is 55.5. The van der Waals surface area contributed by atoms with Gasteiger partial charge in [0.15, 0.2) is 6.29 Å².